The maximum absolute atomic E-state index is 11.4. The van der Waals surface area contributed by atoms with Crippen molar-refractivity contribution >= 4 is 28.1 Å². The molecule has 0 unspecified atom stereocenters. The van der Waals surface area contributed by atoms with Crippen molar-refractivity contribution in [3.05, 3.63) is 64.0 Å². The first-order chi connectivity index (χ1) is 13.5. The van der Waals surface area contributed by atoms with Crippen LogP contribution in [0, 0.1) is 24.0 Å². The fraction of sp³-hybridized carbons (Fsp3) is 0.333. The van der Waals surface area contributed by atoms with E-state index in [9.17, 15) is 10.1 Å². The van der Waals surface area contributed by atoms with Crippen LogP contribution >= 0.6 is 0 Å². The fourth-order valence-electron chi connectivity index (χ4n) is 3.81. The quantitative estimate of drug-likeness (QED) is 0.541. The van der Waals surface area contributed by atoms with Crippen molar-refractivity contribution in [3.63, 3.8) is 0 Å². The number of hydrogen-bond donors (Lipinski definition) is 1. The molecular weight excluding hydrogens is 354 g/mol. The lowest BCUT2D eigenvalue weighted by atomic mass is 10.0. The second kappa shape index (κ2) is 7.42. The van der Waals surface area contributed by atoms with Gasteiger partial charge in [-0.2, -0.15) is 0 Å². The number of aromatic nitrogens is 2. The van der Waals surface area contributed by atoms with E-state index in [1.54, 1.807) is 6.07 Å². The van der Waals surface area contributed by atoms with Crippen LogP contribution in [0.2, 0.25) is 0 Å². The third-order valence-electron chi connectivity index (χ3n) is 5.20. The zero-order valence-electron chi connectivity index (χ0n) is 16.1. The van der Waals surface area contributed by atoms with Gasteiger partial charge in [-0.15, -0.1) is 0 Å². The number of rotatable bonds is 4. The standard InChI is InChI=1S/C21H23N5O2/c1-14-5-3-8-20(22-14)25-11-9-16(10-12-25)24-18-13-15(2)23-21-17(18)6-4-7-19(21)26(27)28/h3-8,13,16H,9-12H2,1-2H3,(H,23,24). The zero-order chi connectivity index (χ0) is 19.7. The molecule has 1 N–H and O–H groups in total. The Kier molecular flexibility index (Phi) is 4.81. The zero-order valence-corrected chi connectivity index (χ0v) is 16.1. The van der Waals surface area contributed by atoms with Gasteiger partial charge in [0.05, 0.1) is 4.92 Å². The molecule has 0 aliphatic carbocycles. The molecular formula is C21H23N5O2. The molecule has 1 aromatic carbocycles. The molecule has 0 radical (unpaired) electrons. The molecule has 1 aliphatic heterocycles. The van der Waals surface area contributed by atoms with Gasteiger partial charge in [0.1, 0.15) is 5.82 Å². The number of nitro groups is 1. The minimum atomic E-state index is -0.369. The molecule has 3 heterocycles. The highest BCUT2D eigenvalue weighted by molar-refractivity contribution is 5.96. The van der Waals surface area contributed by atoms with E-state index in [0.717, 1.165) is 54.2 Å². The third-order valence-corrected chi connectivity index (χ3v) is 5.20. The van der Waals surface area contributed by atoms with Crippen LogP contribution in [0.1, 0.15) is 24.2 Å². The van der Waals surface area contributed by atoms with Crippen LogP contribution in [-0.4, -0.2) is 34.0 Å². The van der Waals surface area contributed by atoms with Gasteiger partial charge in [0.25, 0.3) is 5.69 Å². The highest BCUT2D eigenvalue weighted by Crippen LogP contribution is 2.31. The topological polar surface area (TPSA) is 84.2 Å². The average Bonchev–Trinajstić information content (AvgIpc) is 2.68. The van der Waals surface area contributed by atoms with E-state index in [1.807, 2.05) is 38.1 Å². The third kappa shape index (κ3) is 3.60. The molecule has 0 bridgehead atoms. The number of nitrogens with one attached hydrogen (secondary N) is 1. The summed E-state index contributed by atoms with van der Waals surface area (Å²) in [5.74, 6) is 1.03. The Morgan fingerprint density at radius 3 is 2.54 bits per heavy atom. The molecule has 1 fully saturated rings. The number of pyridine rings is 2. The van der Waals surface area contributed by atoms with Gasteiger partial charge in [-0.3, -0.25) is 10.1 Å². The monoisotopic (exact) mass is 377 g/mol. The predicted molar refractivity (Wildman–Crippen MR) is 111 cm³/mol. The van der Waals surface area contributed by atoms with E-state index < -0.39 is 0 Å². The second-order valence-electron chi connectivity index (χ2n) is 7.28. The number of nitro benzene ring substituents is 1. The molecule has 7 nitrogen and oxygen atoms in total. The molecule has 1 saturated heterocycles. The summed E-state index contributed by atoms with van der Waals surface area (Å²) in [6.07, 6.45) is 1.96. The summed E-state index contributed by atoms with van der Waals surface area (Å²) in [7, 11) is 0. The average molecular weight is 377 g/mol. The minimum Gasteiger partial charge on any atom is -0.382 e. The van der Waals surface area contributed by atoms with Gasteiger partial charge in [-0.25, -0.2) is 9.97 Å². The smallest absolute Gasteiger partial charge is 0.295 e. The van der Waals surface area contributed by atoms with E-state index in [4.69, 9.17) is 0 Å². The maximum atomic E-state index is 11.4. The van der Waals surface area contributed by atoms with Crippen LogP contribution in [0.4, 0.5) is 17.2 Å². The first kappa shape index (κ1) is 18.2. The lowest BCUT2D eigenvalue weighted by molar-refractivity contribution is -0.383. The summed E-state index contributed by atoms with van der Waals surface area (Å²) in [4.78, 5) is 22.3. The van der Waals surface area contributed by atoms with Gasteiger partial charge in [-0.1, -0.05) is 18.2 Å². The Bertz CT molecular complexity index is 1030. The number of anilines is 2. The largest absolute Gasteiger partial charge is 0.382 e. The lowest BCUT2D eigenvalue weighted by Gasteiger charge is -2.34. The molecule has 144 valence electrons. The van der Waals surface area contributed by atoms with Crippen molar-refractivity contribution in [2.45, 2.75) is 32.7 Å². The van der Waals surface area contributed by atoms with Crippen LogP contribution in [-0.2, 0) is 0 Å². The van der Waals surface area contributed by atoms with Crippen molar-refractivity contribution in [2.24, 2.45) is 0 Å². The summed E-state index contributed by atoms with van der Waals surface area (Å²) in [5.41, 5.74) is 3.20. The van der Waals surface area contributed by atoms with Crippen LogP contribution in [0.3, 0.4) is 0 Å². The summed E-state index contributed by atoms with van der Waals surface area (Å²) < 4.78 is 0. The van der Waals surface area contributed by atoms with E-state index in [2.05, 4.69) is 26.3 Å². The summed E-state index contributed by atoms with van der Waals surface area (Å²) in [5, 5.41) is 15.8. The highest BCUT2D eigenvalue weighted by atomic mass is 16.6. The van der Waals surface area contributed by atoms with Gasteiger partial charge < -0.3 is 10.2 Å². The van der Waals surface area contributed by atoms with Gasteiger partial charge in [0, 0.05) is 47.7 Å². The van der Waals surface area contributed by atoms with Crippen molar-refractivity contribution < 1.29 is 4.92 Å². The molecule has 2 aromatic heterocycles. The Morgan fingerprint density at radius 1 is 1.07 bits per heavy atom. The normalized spacial score (nSPS) is 15.0. The SMILES string of the molecule is Cc1cccc(N2CCC(Nc3cc(C)nc4c([N+](=O)[O-])cccc34)CC2)n1. The van der Waals surface area contributed by atoms with E-state index in [1.165, 1.54) is 6.07 Å². The first-order valence-corrected chi connectivity index (χ1v) is 9.51. The molecule has 3 aromatic rings. The highest BCUT2D eigenvalue weighted by Gasteiger charge is 2.22. The van der Waals surface area contributed by atoms with Crippen LogP contribution in [0.25, 0.3) is 10.9 Å². The first-order valence-electron chi connectivity index (χ1n) is 9.51. The Morgan fingerprint density at radius 2 is 1.82 bits per heavy atom. The van der Waals surface area contributed by atoms with Gasteiger partial charge in [0.2, 0.25) is 0 Å². The number of non-ortho nitro benzene ring substituents is 1. The van der Waals surface area contributed by atoms with E-state index >= 15 is 0 Å². The van der Waals surface area contributed by atoms with E-state index in [-0.39, 0.29) is 10.6 Å². The van der Waals surface area contributed by atoms with E-state index in [0.29, 0.717) is 11.6 Å². The fourth-order valence-corrected chi connectivity index (χ4v) is 3.81. The summed E-state index contributed by atoms with van der Waals surface area (Å²) >= 11 is 0. The molecule has 4 rings (SSSR count). The van der Waals surface area contributed by atoms with Crippen LogP contribution in [0.15, 0.2) is 42.5 Å². The van der Waals surface area contributed by atoms with Crippen molar-refractivity contribution in [2.75, 3.05) is 23.3 Å². The number of benzene rings is 1. The molecule has 0 saturated carbocycles. The number of aryl methyl sites for hydroxylation is 2. The molecule has 0 spiro atoms. The van der Waals surface area contributed by atoms with Crippen LogP contribution in [0.5, 0.6) is 0 Å². The van der Waals surface area contributed by atoms with Gasteiger partial charge in [-0.05, 0) is 44.9 Å². The molecule has 0 atom stereocenters. The van der Waals surface area contributed by atoms with Crippen molar-refractivity contribution in [1.29, 1.82) is 0 Å². The van der Waals surface area contributed by atoms with Crippen molar-refractivity contribution in [3.8, 4) is 0 Å². The number of piperidine rings is 1. The Hall–Kier alpha value is -3.22. The molecule has 7 heteroatoms. The number of hydrogen-bond acceptors (Lipinski definition) is 6. The van der Waals surface area contributed by atoms with Gasteiger partial charge >= 0.3 is 0 Å². The minimum absolute atomic E-state index is 0.0459. The summed E-state index contributed by atoms with van der Waals surface area (Å²) in [6.45, 7) is 5.73. The molecule has 28 heavy (non-hydrogen) atoms. The maximum Gasteiger partial charge on any atom is 0.295 e. The summed E-state index contributed by atoms with van der Waals surface area (Å²) in [6, 6.07) is 13.5. The Labute approximate surface area is 163 Å². The number of fused-ring (bicyclic) bond motifs is 1. The Balaban J connectivity index is 1.53. The molecule has 0 amide bonds. The van der Waals surface area contributed by atoms with Crippen LogP contribution < -0.4 is 10.2 Å². The molecule has 1 aliphatic rings. The predicted octanol–water partition coefficient (Wildman–Crippen LogP) is 4.24. The second-order valence-corrected chi connectivity index (χ2v) is 7.28. The van der Waals surface area contributed by atoms with Gasteiger partial charge in [0.15, 0.2) is 5.52 Å². The lowest BCUT2D eigenvalue weighted by Crippen LogP contribution is -2.39. The number of nitrogens with zero attached hydrogens (tertiary/aromatic N) is 4. The van der Waals surface area contributed by atoms with Crippen molar-refractivity contribution in [1.82, 2.24) is 9.97 Å². The number of para-hydroxylation sites is 1.